The molecule has 0 aromatic carbocycles. The van der Waals surface area contributed by atoms with E-state index in [1.165, 1.54) is 11.8 Å². The number of hydrogen-bond donors (Lipinski definition) is 0. The van der Waals surface area contributed by atoms with E-state index in [-0.39, 0.29) is 29.5 Å². The smallest absolute Gasteiger partial charge is 0.272 e. The Balaban J connectivity index is 1.84. The van der Waals surface area contributed by atoms with Crippen LogP contribution in [0.15, 0.2) is 30.0 Å². The molecular weight excluding hydrogens is 362 g/mol. The molecule has 0 spiro atoms. The first-order valence-corrected chi connectivity index (χ1v) is 10.5. The second kappa shape index (κ2) is 7.05. The van der Waals surface area contributed by atoms with Gasteiger partial charge < -0.3 is 4.90 Å². The number of nitrogens with zero attached hydrogens (tertiary/aromatic N) is 3. The van der Waals surface area contributed by atoms with E-state index in [0.29, 0.717) is 30.4 Å². The Morgan fingerprint density at radius 1 is 1.28 bits per heavy atom. The molecule has 6 nitrogen and oxygen atoms in total. The highest BCUT2D eigenvalue weighted by atomic mass is 35.5. The van der Waals surface area contributed by atoms with Crippen LogP contribution in [0.1, 0.15) is 24.3 Å². The molecule has 136 valence electrons. The molecule has 1 aromatic rings. The van der Waals surface area contributed by atoms with Crippen LogP contribution in [0, 0.1) is 0 Å². The van der Waals surface area contributed by atoms with Gasteiger partial charge >= 0.3 is 0 Å². The summed E-state index contributed by atoms with van der Waals surface area (Å²) in [5.74, 6) is -0.111. The maximum Gasteiger partial charge on any atom is 0.272 e. The van der Waals surface area contributed by atoms with Crippen molar-refractivity contribution < 1.29 is 13.2 Å². The molecule has 0 unspecified atom stereocenters. The SMILES string of the molecule is CC(C)=CCN1CCN(C(=O)c2ccc(Cl)cn2)[C@H]2CS(=O)(=O)C[C@H]21. The number of halogens is 1. The summed E-state index contributed by atoms with van der Waals surface area (Å²) in [5.41, 5.74) is 1.49. The average molecular weight is 384 g/mol. The van der Waals surface area contributed by atoms with E-state index < -0.39 is 9.84 Å². The van der Waals surface area contributed by atoms with Gasteiger partial charge in [-0.2, -0.15) is 0 Å². The van der Waals surface area contributed by atoms with Gasteiger partial charge in [-0.3, -0.25) is 9.69 Å². The third-order valence-electron chi connectivity index (χ3n) is 4.73. The minimum atomic E-state index is -3.15. The van der Waals surface area contributed by atoms with Crippen molar-refractivity contribution in [1.29, 1.82) is 0 Å². The van der Waals surface area contributed by atoms with E-state index >= 15 is 0 Å². The zero-order chi connectivity index (χ0) is 18.2. The summed E-state index contributed by atoms with van der Waals surface area (Å²) in [4.78, 5) is 20.8. The summed E-state index contributed by atoms with van der Waals surface area (Å²) in [6, 6.07) is 2.72. The van der Waals surface area contributed by atoms with E-state index in [9.17, 15) is 13.2 Å². The van der Waals surface area contributed by atoms with Gasteiger partial charge in [0, 0.05) is 31.9 Å². The largest absolute Gasteiger partial charge is 0.330 e. The molecule has 3 rings (SSSR count). The van der Waals surface area contributed by atoms with Gasteiger partial charge in [0.2, 0.25) is 0 Å². The zero-order valence-corrected chi connectivity index (χ0v) is 15.9. The molecule has 2 aliphatic heterocycles. The Kier molecular flexibility index (Phi) is 5.18. The summed E-state index contributed by atoms with van der Waals surface area (Å²) in [7, 11) is -3.15. The van der Waals surface area contributed by atoms with Gasteiger partial charge in [-0.15, -0.1) is 0 Å². The molecule has 0 saturated carbocycles. The van der Waals surface area contributed by atoms with Crippen LogP contribution in [0.2, 0.25) is 5.02 Å². The number of rotatable bonds is 3. The number of fused-ring (bicyclic) bond motifs is 1. The summed E-state index contributed by atoms with van der Waals surface area (Å²) in [6.07, 6.45) is 3.53. The van der Waals surface area contributed by atoms with Crippen molar-refractivity contribution in [3.8, 4) is 0 Å². The van der Waals surface area contributed by atoms with Crippen LogP contribution in [0.5, 0.6) is 0 Å². The van der Waals surface area contributed by atoms with Crippen molar-refractivity contribution in [2.75, 3.05) is 31.1 Å². The van der Waals surface area contributed by atoms with E-state index in [0.717, 1.165) is 0 Å². The Morgan fingerprint density at radius 3 is 2.64 bits per heavy atom. The summed E-state index contributed by atoms with van der Waals surface area (Å²) < 4.78 is 24.4. The number of sulfone groups is 1. The molecule has 25 heavy (non-hydrogen) atoms. The fourth-order valence-corrected chi connectivity index (χ4v) is 5.58. The van der Waals surface area contributed by atoms with E-state index in [2.05, 4.69) is 16.0 Å². The molecule has 8 heteroatoms. The predicted molar refractivity (Wildman–Crippen MR) is 97.5 cm³/mol. The molecule has 0 radical (unpaired) electrons. The number of carbonyl (C=O) groups is 1. The number of aromatic nitrogens is 1. The van der Waals surface area contributed by atoms with Gasteiger partial charge in [-0.1, -0.05) is 23.3 Å². The van der Waals surface area contributed by atoms with Crippen molar-refractivity contribution in [3.63, 3.8) is 0 Å². The van der Waals surface area contributed by atoms with Crippen molar-refractivity contribution in [2.45, 2.75) is 25.9 Å². The van der Waals surface area contributed by atoms with E-state index in [4.69, 9.17) is 11.6 Å². The number of hydrogen-bond acceptors (Lipinski definition) is 5. The normalized spacial score (nSPS) is 25.5. The Bertz CT molecular complexity index is 788. The molecule has 1 amide bonds. The number of carbonyl (C=O) groups excluding carboxylic acids is 1. The highest BCUT2D eigenvalue weighted by Crippen LogP contribution is 2.28. The van der Waals surface area contributed by atoms with Gasteiger partial charge in [0.15, 0.2) is 9.84 Å². The molecule has 2 aliphatic rings. The fraction of sp³-hybridized carbons (Fsp3) is 0.529. The van der Waals surface area contributed by atoms with Crippen molar-refractivity contribution in [1.82, 2.24) is 14.8 Å². The molecular formula is C17H22ClN3O3S. The Hall–Kier alpha value is -1.44. The third-order valence-corrected chi connectivity index (χ3v) is 6.65. The first-order chi connectivity index (χ1) is 11.8. The molecule has 2 fully saturated rings. The van der Waals surface area contributed by atoms with Gasteiger partial charge in [-0.25, -0.2) is 13.4 Å². The lowest BCUT2D eigenvalue weighted by Gasteiger charge is -2.43. The molecule has 2 saturated heterocycles. The number of piperazine rings is 1. The Morgan fingerprint density at radius 2 is 2.00 bits per heavy atom. The topological polar surface area (TPSA) is 70.6 Å². The van der Waals surface area contributed by atoms with Crippen LogP contribution >= 0.6 is 11.6 Å². The lowest BCUT2D eigenvalue weighted by molar-refractivity contribution is 0.0363. The number of amides is 1. The minimum Gasteiger partial charge on any atom is -0.330 e. The average Bonchev–Trinajstić information content (AvgIpc) is 2.87. The predicted octanol–water partition coefficient (Wildman–Crippen LogP) is 1.62. The number of pyridine rings is 1. The van der Waals surface area contributed by atoms with E-state index in [1.54, 1.807) is 17.0 Å². The van der Waals surface area contributed by atoms with Crippen LogP contribution in [-0.2, 0) is 9.84 Å². The molecule has 3 heterocycles. The lowest BCUT2D eigenvalue weighted by atomic mass is 10.0. The van der Waals surface area contributed by atoms with Crippen LogP contribution in [-0.4, -0.2) is 72.3 Å². The molecule has 0 aliphatic carbocycles. The van der Waals surface area contributed by atoms with Crippen molar-refractivity contribution >= 4 is 27.3 Å². The highest BCUT2D eigenvalue weighted by molar-refractivity contribution is 7.91. The zero-order valence-electron chi connectivity index (χ0n) is 14.4. The third kappa shape index (κ3) is 4.04. The molecule has 0 N–H and O–H groups in total. The second-order valence-electron chi connectivity index (χ2n) is 6.85. The summed E-state index contributed by atoms with van der Waals surface area (Å²) in [5, 5.41) is 0.462. The fourth-order valence-electron chi connectivity index (χ4n) is 3.45. The van der Waals surface area contributed by atoms with Crippen LogP contribution < -0.4 is 0 Å². The van der Waals surface area contributed by atoms with Crippen LogP contribution in [0.3, 0.4) is 0 Å². The first kappa shape index (κ1) is 18.4. The van der Waals surface area contributed by atoms with Crippen LogP contribution in [0.25, 0.3) is 0 Å². The van der Waals surface area contributed by atoms with Gasteiger partial charge in [0.25, 0.3) is 5.91 Å². The quantitative estimate of drug-likeness (QED) is 0.742. The standard InChI is InChI=1S/C17H22ClN3O3S/c1-12(2)5-6-20-7-8-21(16-11-25(23,24)10-15(16)20)17(22)14-4-3-13(18)9-19-14/h3-5,9,15-16H,6-8,10-11H2,1-2H3/t15-,16+/m1/s1. The first-order valence-electron chi connectivity index (χ1n) is 8.27. The van der Waals surface area contributed by atoms with Gasteiger partial charge in [0.1, 0.15) is 5.69 Å². The minimum absolute atomic E-state index is 0.0162. The maximum atomic E-state index is 12.8. The summed E-state index contributed by atoms with van der Waals surface area (Å²) >= 11 is 5.83. The van der Waals surface area contributed by atoms with Crippen molar-refractivity contribution in [2.24, 2.45) is 0 Å². The highest BCUT2D eigenvalue weighted by Gasteiger charge is 2.47. The summed E-state index contributed by atoms with van der Waals surface area (Å²) in [6.45, 7) is 5.90. The monoisotopic (exact) mass is 383 g/mol. The second-order valence-corrected chi connectivity index (χ2v) is 9.44. The maximum absolute atomic E-state index is 12.8. The molecule has 0 bridgehead atoms. The lowest BCUT2D eigenvalue weighted by Crippen LogP contribution is -2.60. The van der Waals surface area contributed by atoms with Crippen LogP contribution in [0.4, 0.5) is 0 Å². The molecule has 1 aromatic heterocycles. The number of allylic oxidation sites excluding steroid dienone is 1. The van der Waals surface area contributed by atoms with E-state index in [1.807, 2.05) is 13.8 Å². The Labute approximate surface area is 153 Å². The molecule has 2 atom stereocenters. The van der Waals surface area contributed by atoms with Crippen molar-refractivity contribution in [3.05, 3.63) is 40.7 Å². The van der Waals surface area contributed by atoms with Gasteiger partial charge in [-0.05, 0) is 26.0 Å². The van der Waals surface area contributed by atoms with Gasteiger partial charge in [0.05, 0.1) is 22.6 Å².